The van der Waals surface area contributed by atoms with E-state index < -0.39 is 17.7 Å². The van der Waals surface area contributed by atoms with Gasteiger partial charge in [-0.3, -0.25) is 9.59 Å². The Kier molecular flexibility index (Phi) is 6.08. The predicted molar refractivity (Wildman–Crippen MR) is 132 cm³/mol. The molecule has 1 aliphatic rings. The molecule has 2 aromatic carbocycles. The van der Waals surface area contributed by atoms with E-state index in [0.29, 0.717) is 28.6 Å². The molecule has 7 heteroatoms. The Morgan fingerprint density at radius 1 is 1.09 bits per heavy atom. The minimum Gasteiger partial charge on any atom is -0.479 e. The molecule has 3 aromatic rings. The summed E-state index contributed by atoms with van der Waals surface area (Å²) in [7, 11) is 1.59. The van der Waals surface area contributed by atoms with Crippen molar-refractivity contribution in [3.63, 3.8) is 0 Å². The van der Waals surface area contributed by atoms with Crippen molar-refractivity contribution >= 4 is 28.3 Å². The lowest BCUT2D eigenvalue weighted by Crippen LogP contribution is -2.33. The number of carbonyl (C=O) groups is 2. The molecular formula is C27H30N2O5. The third-order valence-electron chi connectivity index (χ3n) is 6.16. The summed E-state index contributed by atoms with van der Waals surface area (Å²) in [5.74, 6) is -1.17. The van der Waals surface area contributed by atoms with Gasteiger partial charge in [-0.2, -0.15) is 0 Å². The van der Waals surface area contributed by atoms with Gasteiger partial charge in [-0.25, -0.2) is 4.79 Å². The number of carboxylic acids is 1. The molecule has 4 rings (SSSR count). The zero-order valence-electron chi connectivity index (χ0n) is 20.2. The van der Waals surface area contributed by atoms with Crippen LogP contribution in [-0.4, -0.2) is 33.7 Å². The zero-order chi connectivity index (χ0) is 24.8. The SMILES string of the molecule is CC(=O)N1CCCc2cc(-c3c(C(OC(C)(C)C)C(=O)O)n(C)c(=O)c4ccccc34)ccc21. The van der Waals surface area contributed by atoms with E-state index in [-0.39, 0.29) is 11.5 Å². The third kappa shape index (κ3) is 4.23. The number of amides is 1. The standard InChI is InChI=1S/C27H30N2O5/c1-16(30)29-14-8-9-17-15-18(12-13-21(17)29)22-19-10-6-7-11-20(19)25(31)28(5)23(22)24(26(32)33)34-27(2,3)4/h6-7,10-13,15,24H,8-9,14H2,1-5H3,(H,32,33). The van der Waals surface area contributed by atoms with E-state index in [1.807, 2.05) is 30.3 Å². The Bertz CT molecular complexity index is 1350. The number of anilines is 1. The molecular weight excluding hydrogens is 432 g/mol. The molecule has 1 N–H and O–H groups in total. The summed E-state index contributed by atoms with van der Waals surface area (Å²) in [6, 6.07) is 13.0. The van der Waals surface area contributed by atoms with E-state index in [1.165, 1.54) is 4.57 Å². The lowest BCUT2D eigenvalue weighted by atomic mass is 9.91. The number of benzene rings is 2. The highest BCUT2D eigenvalue weighted by molar-refractivity contribution is 6.00. The molecule has 0 saturated carbocycles. The molecule has 2 heterocycles. The average Bonchev–Trinajstić information content (AvgIpc) is 2.78. The Labute approximate surface area is 198 Å². The maximum atomic E-state index is 13.2. The molecule has 0 spiro atoms. The van der Waals surface area contributed by atoms with E-state index in [0.717, 1.165) is 29.7 Å². The van der Waals surface area contributed by atoms with Crippen LogP contribution in [0.5, 0.6) is 0 Å². The summed E-state index contributed by atoms with van der Waals surface area (Å²) in [5, 5.41) is 11.3. The fraction of sp³-hybridized carbons (Fsp3) is 0.370. The molecule has 0 fully saturated rings. The van der Waals surface area contributed by atoms with Crippen molar-refractivity contribution < 1.29 is 19.4 Å². The number of hydrogen-bond donors (Lipinski definition) is 1. The highest BCUT2D eigenvalue weighted by atomic mass is 16.5. The van der Waals surface area contributed by atoms with Gasteiger partial charge in [0.05, 0.1) is 11.3 Å². The van der Waals surface area contributed by atoms with Crippen molar-refractivity contribution in [1.82, 2.24) is 4.57 Å². The fourth-order valence-corrected chi connectivity index (χ4v) is 4.75. The summed E-state index contributed by atoms with van der Waals surface area (Å²) < 4.78 is 7.37. The Morgan fingerprint density at radius 3 is 2.38 bits per heavy atom. The van der Waals surface area contributed by atoms with Crippen LogP contribution < -0.4 is 10.5 Å². The van der Waals surface area contributed by atoms with Gasteiger partial charge in [-0.15, -0.1) is 0 Å². The van der Waals surface area contributed by atoms with Crippen LogP contribution in [0.1, 0.15) is 51.5 Å². The molecule has 1 amide bonds. The van der Waals surface area contributed by atoms with Crippen LogP contribution in [0.15, 0.2) is 47.3 Å². The lowest BCUT2D eigenvalue weighted by molar-refractivity contribution is -0.161. The van der Waals surface area contributed by atoms with Gasteiger partial charge in [0.25, 0.3) is 5.56 Å². The quantitative estimate of drug-likeness (QED) is 0.619. The topological polar surface area (TPSA) is 88.8 Å². The first-order valence-corrected chi connectivity index (χ1v) is 11.4. The van der Waals surface area contributed by atoms with Crippen molar-refractivity contribution in [2.45, 2.75) is 52.2 Å². The maximum absolute atomic E-state index is 13.2. The van der Waals surface area contributed by atoms with Gasteiger partial charge >= 0.3 is 5.97 Å². The van der Waals surface area contributed by atoms with Gasteiger partial charge < -0.3 is 19.3 Å². The highest BCUT2D eigenvalue weighted by Crippen LogP contribution is 2.39. The normalized spacial score (nSPS) is 14.7. The average molecular weight is 463 g/mol. The smallest absolute Gasteiger partial charge is 0.339 e. The molecule has 178 valence electrons. The Hall–Kier alpha value is -3.45. The second-order valence-electron chi connectivity index (χ2n) is 9.74. The molecule has 0 bridgehead atoms. The van der Waals surface area contributed by atoms with Crippen LogP contribution in [0.25, 0.3) is 21.9 Å². The summed E-state index contributed by atoms with van der Waals surface area (Å²) in [6.07, 6.45) is 0.316. The molecule has 1 unspecified atom stereocenters. The first-order chi connectivity index (χ1) is 16.0. The zero-order valence-corrected chi connectivity index (χ0v) is 20.2. The number of pyridine rings is 1. The molecule has 0 aliphatic carbocycles. The first kappa shape index (κ1) is 23.7. The van der Waals surface area contributed by atoms with Gasteiger partial charge in [0, 0.05) is 37.2 Å². The van der Waals surface area contributed by atoms with E-state index in [2.05, 4.69) is 0 Å². The van der Waals surface area contributed by atoms with Crippen molar-refractivity contribution in [2.75, 3.05) is 11.4 Å². The Morgan fingerprint density at radius 2 is 1.76 bits per heavy atom. The second-order valence-corrected chi connectivity index (χ2v) is 9.74. The van der Waals surface area contributed by atoms with Gasteiger partial charge in [0.2, 0.25) is 5.91 Å². The second kappa shape index (κ2) is 8.72. The molecule has 0 radical (unpaired) electrons. The monoisotopic (exact) mass is 462 g/mol. The number of fused-ring (bicyclic) bond motifs is 2. The van der Waals surface area contributed by atoms with Crippen LogP contribution in [0.2, 0.25) is 0 Å². The number of carboxylic acid groups (broad SMARTS) is 1. The van der Waals surface area contributed by atoms with Crippen molar-refractivity contribution in [2.24, 2.45) is 7.05 Å². The van der Waals surface area contributed by atoms with E-state index in [9.17, 15) is 19.5 Å². The van der Waals surface area contributed by atoms with Crippen molar-refractivity contribution in [3.8, 4) is 11.1 Å². The number of nitrogens with zero attached hydrogens (tertiary/aromatic N) is 2. The van der Waals surface area contributed by atoms with E-state index in [1.54, 1.807) is 51.8 Å². The summed E-state index contributed by atoms with van der Waals surface area (Å²) >= 11 is 0. The Balaban J connectivity index is 2.05. The predicted octanol–water partition coefficient (Wildman–Crippen LogP) is 4.45. The fourth-order valence-electron chi connectivity index (χ4n) is 4.75. The number of aliphatic carboxylic acids is 1. The van der Waals surface area contributed by atoms with E-state index in [4.69, 9.17) is 4.74 Å². The van der Waals surface area contributed by atoms with Crippen LogP contribution >= 0.6 is 0 Å². The molecule has 1 atom stereocenters. The lowest BCUT2D eigenvalue weighted by Gasteiger charge is -2.30. The summed E-state index contributed by atoms with van der Waals surface area (Å²) in [6.45, 7) is 7.60. The molecule has 1 aromatic heterocycles. The number of aromatic nitrogens is 1. The van der Waals surface area contributed by atoms with E-state index >= 15 is 0 Å². The number of rotatable bonds is 4. The van der Waals surface area contributed by atoms with Gasteiger partial charge in [-0.1, -0.05) is 24.3 Å². The largest absolute Gasteiger partial charge is 0.479 e. The van der Waals surface area contributed by atoms with Crippen LogP contribution in [-0.2, 0) is 27.8 Å². The van der Waals surface area contributed by atoms with Crippen LogP contribution in [0.4, 0.5) is 5.69 Å². The van der Waals surface area contributed by atoms with Crippen LogP contribution in [0.3, 0.4) is 0 Å². The van der Waals surface area contributed by atoms with Gasteiger partial charge in [-0.05, 0) is 68.3 Å². The number of hydrogen-bond acceptors (Lipinski definition) is 4. The highest BCUT2D eigenvalue weighted by Gasteiger charge is 2.33. The van der Waals surface area contributed by atoms with Crippen molar-refractivity contribution in [3.05, 3.63) is 64.1 Å². The molecule has 0 saturated heterocycles. The molecule has 7 nitrogen and oxygen atoms in total. The molecule has 1 aliphatic heterocycles. The van der Waals surface area contributed by atoms with Crippen molar-refractivity contribution in [1.29, 1.82) is 0 Å². The molecule has 34 heavy (non-hydrogen) atoms. The third-order valence-corrected chi connectivity index (χ3v) is 6.16. The summed E-state index contributed by atoms with van der Waals surface area (Å²) in [5.41, 5.74) is 2.60. The minimum absolute atomic E-state index is 0.00790. The minimum atomic E-state index is -1.35. The summed E-state index contributed by atoms with van der Waals surface area (Å²) in [4.78, 5) is 39.6. The van der Waals surface area contributed by atoms with Crippen LogP contribution in [0, 0.1) is 0 Å². The number of ether oxygens (including phenoxy) is 1. The maximum Gasteiger partial charge on any atom is 0.339 e. The number of aryl methyl sites for hydroxylation is 1. The number of carbonyl (C=O) groups excluding carboxylic acids is 1. The first-order valence-electron chi connectivity index (χ1n) is 11.4. The van der Waals surface area contributed by atoms with Gasteiger partial charge in [0.15, 0.2) is 6.10 Å². The van der Waals surface area contributed by atoms with Gasteiger partial charge in [0.1, 0.15) is 0 Å².